The molecule has 14 heteroatoms. The van der Waals surface area contributed by atoms with Crippen LogP contribution in [0.3, 0.4) is 0 Å². The molecule has 0 fully saturated rings. The van der Waals surface area contributed by atoms with Crippen LogP contribution in [0.15, 0.2) is 16.3 Å². The Morgan fingerprint density at radius 2 is 1.54 bits per heavy atom. The van der Waals surface area contributed by atoms with Gasteiger partial charge in [-0.25, -0.2) is 32.3 Å². The lowest BCUT2D eigenvalue weighted by atomic mass is 10.5. The first-order chi connectivity index (χ1) is 11.0. The molecule has 24 heavy (non-hydrogen) atoms. The third kappa shape index (κ3) is 5.33. The number of imide groups is 3. The Morgan fingerprint density at radius 3 is 2.08 bits per heavy atom. The fraction of sp³-hybridized carbons (Fsp3) is 0.100. The average Bonchev–Trinajstić information content (AvgIpc) is 2.85. The van der Waals surface area contributed by atoms with Gasteiger partial charge >= 0.3 is 24.1 Å². The molecule has 0 unspecified atom stereocenters. The number of carbonyl (C=O) groups is 5. The van der Waals surface area contributed by atoms with E-state index in [0.717, 1.165) is 13.0 Å². The summed E-state index contributed by atoms with van der Waals surface area (Å²) in [4.78, 5) is 54.0. The average molecular weight is 378 g/mol. The van der Waals surface area contributed by atoms with Gasteiger partial charge in [-0.15, -0.1) is 11.3 Å². The molecule has 0 aliphatic rings. The molecule has 0 aliphatic carbocycles. The summed E-state index contributed by atoms with van der Waals surface area (Å²) in [5, 5.41) is 14.7. The fourth-order valence-electron chi connectivity index (χ4n) is 1.30. The highest BCUT2D eigenvalue weighted by molar-refractivity contribution is 7.90. The van der Waals surface area contributed by atoms with E-state index in [2.05, 4.69) is 0 Å². The molecule has 0 spiro atoms. The highest BCUT2D eigenvalue weighted by atomic mass is 32.2. The summed E-state index contributed by atoms with van der Waals surface area (Å²) in [6, 6.07) is -3.22. The number of hydrogen-bond donors (Lipinski definition) is 5. The minimum atomic E-state index is -4.55. The molecule has 12 nitrogen and oxygen atoms in total. The number of aromatic carboxylic acids is 1. The van der Waals surface area contributed by atoms with Crippen molar-refractivity contribution in [1.82, 2.24) is 20.7 Å². The van der Waals surface area contributed by atoms with E-state index in [4.69, 9.17) is 5.11 Å². The van der Waals surface area contributed by atoms with Crippen molar-refractivity contribution >= 4 is 51.3 Å². The first kappa shape index (κ1) is 19.0. The van der Waals surface area contributed by atoms with Crippen molar-refractivity contribution in [2.24, 2.45) is 0 Å². The van der Waals surface area contributed by atoms with Gasteiger partial charge in [0.15, 0.2) is 0 Å². The molecule has 1 aromatic heterocycles. The van der Waals surface area contributed by atoms with E-state index in [-0.39, 0.29) is 0 Å². The predicted molar refractivity (Wildman–Crippen MR) is 77.9 cm³/mol. The van der Waals surface area contributed by atoms with E-state index in [0.29, 0.717) is 11.3 Å². The van der Waals surface area contributed by atoms with E-state index in [9.17, 15) is 32.4 Å². The molecule has 1 aromatic rings. The maximum Gasteiger partial charge on any atom is 0.347 e. The molecular weight excluding hydrogens is 368 g/mol. The van der Waals surface area contributed by atoms with Crippen molar-refractivity contribution in [2.75, 3.05) is 0 Å². The van der Waals surface area contributed by atoms with E-state index >= 15 is 0 Å². The molecule has 0 aromatic carbocycles. The Balaban J connectivity index is 2.71. The van der Waals surface area contributed by atoms with Crippen LogP contribution in [0, 0.1) is 0 Å². The SMILES string of the molecule is CC(=O)NC(=O)NC(=O)NC(=O)NS(=O)(=O)c1ccsc1C(=O)O. The van der Waals surface area contributed by atoms with Gasteiger partial charge in [-0.2, -0.15) is 0 Å². The van der Waals surface area contributed by atoms with Crippen molar-refractivity contribution in [3.8, 4) is 0 Å². The second-order valence-corrected chi connectivity index (χ2v) is 6.51. The van der Waals surface area contributed by atoms with Gasteiger partial charge in [-0.05, 0) is 11.4 Å². The highest BCUT2D eigenvalue weighted by Crippen LogP contribution is 2.21. The van der Waals surface area contributed by atoms with Crippen molar-refractivity contribution in [3.63, 3.8) is 0 Å². The molecule has 130 valence electrons. The van der Waals surface area contributed by atoms with Crippen LogP contribution >= 0.6 is 11.3 Å². The minimum absolute atomic E-state index is 0.527. The van der Waals surface area contributed by atoms with Crippen molar-refractivity contribution < 1.29 is 37.5 Å². The Morgan fingerprint density at radius 1 is 1.00 bits per heavy atom. The van der Waals surface area contributed by atoms with Gasteiger partial charge in [0.1, 0.15) is 9.77 Å². The van der Waals surface area contributed by atoms with Crippen LogP contribution in [0.5, 0.6) is 0 Å². The van der Waals surface area contributed by atoms with Crippen LogP contribution in [-0.2, 0) is 14.8 Å². The summed E-state index contributed by atoms with van der Waals surface area (Å²) in [6.45, 7) is 0.998. The number of urea groups is 3. The number of sulfonamides is 1. The molecule has 5 N–H and O–H groups in total. The Bertz CT molecular complexity index is 813. The third-order valence-electron chi connectivity index (χ3n) is 2.08. The molecule has 0 bridgehead atoms. The summed E-state index contributed by atoms with van der Waals surface area (Å²) in [5.74, 6) is -2.28. The fourth-order valence-corrected chi connectivity index (χ4v) is 3.46. The summed E-state index contributed by atoms with van der Waals surface area (Å²) < 4.78 is 25.2. The van der Waals surface area contributed by atoms with Crippen LogP contribution in [0.1, 0.15) is 16.6 Å². The molecule has 0 saturated heterocycles. The van der Waals surface area contributed by atoms with Crippen LogP contribution in [0.2, 0.25) is 0 Å². The lowest BCUT2D eigenvalue weighted by Crippen LogP contribution is -2.51. The summed E-state index contributed by atoms with van der Waals surface area (Å²) in [5.41, 5.74) is 0. The predicted octanol–water partition coefficient (Wildman–Crippen LogP) is -0.600. The van der Waals surface area contributed by atoms with Crippen LogP contribution < -0.4 is 20.7 Å². The van der Waals surface area contributed by atoms with Crippen LogP contribution in [0.25, 0.3) is 0 Å². The largest absolute Gasteiger partial charge is 0.477 e. The molecular formula is C10H10N4O8S2. The van der Waals surface area contributed by atoms with Crippen LogP contribution in [-0.4, -0.2) is 43.5 Å². The second kappa shape index (κ2) is 7.51. The summed E-state index contributed by atoms with van der Waals surface area (Å²) in [7, 11) is -4.55. The van der Waals surface area contributed by atoms with Crippen molar-refractivity contribution in [3.05, 3.63) is 16.3 Å². The molecule has 0 aliphatic heterocycles. The van der Waals surface area contributed by atoms with E-state index in [1.165, 1.54) is 20.7 Å². The number of amides is 7. The van der Waals surface area contributed by atoms with E-state index in [1.54, 1.807) is 5.32 Å². The van der Waals surface area contributed by atoms with Crippen molar-refractivity contribution in [2.45, 2.75) is 11.8 Å². The molecule has 0 radical (unpaired) electrons. The Hall–Kier alpha value is -3.00. The van der Waals surface area contributed by atoms with Gasteiger partial charge in [0, 0.05) is 6.92 Å². The van der Waals surface area contributed by atoms with Gasteiger partial charge in [-0.3, -0.25) is 20.7 Å². The maximum atomic E-state index is 11.9. The zero-order chi connectivity index (χ0) is 18.5. The molecule has 0 atom stereocenters. The van der Waals surface area contributed by atoms with Gasteiger partial charge in [0.2, 0.25) is 5.91 Å². The van der Waals surface area contributed by atoms with Gasteiger partial charge in [0.25, 0.3) is 10.0 Å². The van der Waals surface area contributed by atoms with E-state index in [1.807, 2.05) is 0 Å². The molecule has 7 amide bonds. The zero-order valence-electron chi connectivity index (χ0n) is 11.8. The number of carboxylic acids is 1. The number of thiophene rings is 1. The summed E-state index contributed by atoms with van der Waals surface area (Å²) >= 11 is 0.625. The number of carbonyl (C=O) groups excluding carboxylic acids is 4. The quantitative estimate of drug-likeness (QED) is 0.461. The van der Waals surface area contributed by atoms with Crippen LogP contribution in [0.4, 0.5) is 14.4 Å². The Labute approximate surface area is 138 Å². The number of rotatable bonds is 3. The minimum Gasteiger partial charge on any atom is -0.477 e. The molecule has 0 saturated carbocycles. The van der Waals surface area contributed by atoms with E-state index < -0.39 is 49.8 Å². The zero-order valence-corrected chi connectivity index (χ0v) is 13.4. The number of hydrogen-bond acceptors (Lipinski definition) is 8. The van der Waals surface area contributed by atoms with Gasteiger partial charge in [-0.1, -0.05) is 0 Å². The lowest BCUT2D eigenvalue weighted by Gasteiger charge is -2.08. The monoisotopic (exact) mass is 378 g/mol. The topological polar surface area (TPSA) is 188 Å². The van der Waals surface area contributed by atoms with Crippen molar-refractivity contribution in [1.29, 1.82) is 0 Å². The third-order valence-corrected chi connectivity index (χ3v) is 4.49. The molecule has 1 rings (SSSR count). The van der Waals surface area contributed by atoms with Gasteiger partial charge < -0.3 is 5.11 Å². The Kier molecular flexibility index (Phi) is 5.96. The first-order valence-electron chi connectivity index (χ1n) is 5.80. The highest BCUT2D eigenvalue weighted by Gasteiger charge is 2.26. The van der Waals surface area contributed by atoms with Gasteiger partial charge in [0.05, 0.1) is 0 Å². The number of carboxylic acid groups (broad SMARTS) is 1. The standard InChI is InChI=1S/C10H10N4O8S2/c1-4(15)11-8(18)12-9(19)13-10(20)14-24(21,22)5-2-3-23-6(5)7(16)17/h2-3H,1H3,(H,16,17)(H4,11,12,13,14,15,18,19,20). The maximum absolute atomic E-state index is 11.9. The lowest BCUT2D eigenvalue weighted by molar-refractivity contribution is -0.117. The normalized spacial score (nSPS) is 10.4. The first-order valence-corrected chi connectivity index (χ1v) is 8.16. The number of nitrogens with one attached hydrogen (secondary N) is 4. The molecule has 1 heterocycles. The smallest absolute Gasteiger partial charge is 0.347 e. The second-order valence-electron chi connectivity index (χ2n) is 3.94. The summed E-state index contributed by atoms with van der Waals surface area (Å²) in [6.07, 6.45) is 0.